The average molecular weight is 372 g/mol. The first kappa shape index (κ1) is 14.4. The summed E-state index contributed by atoms with van der Waals surface area (Å²) < 4.78 is 1.21. The molecule has 5 heteroatoms. The number of halogens is 2. The summed E-state index contributed by atoms with van der Waals surface area (Å²) in [4.78, 5) is 6.30. The molecular formula is C15H16BrClN2S. The van der Waals surface area contributed by atoms with E-state index in [2.05, 4.69) is 50.0 Å². The fourth-order valence-electron chi connectivity index (χ4n) is 2.51. The van der Waals surface area contributed by atoms with Gasteiger partial charge in [0.25, 0.3) is 0 Å². The fourth-order valence-corrected chi connectivity index (χ4v) is 4.29. The molecule has 3 rings (SSSR count). The quantitative estimate of drug-likeness (QED) is 0.784. The Kier molecular flexibility index (Phi) is 4.66. The molecule has 2 heterocycles. The minimum absolute atomic E-state index is 0.850. The molecule has 1 saturated heterocycles. The molecule has 1 aromatic carbocycles. The Bertz CT molecular complexity index is 579. The zero-order valence-corrected chi connectivity index (χ0v) is 14.2. The van der Waals surface area contributed by atoms with E-state index in [0.717, 1.165) is 43.4 Å². The van der Waals surface area contributed by atoms with Gasteiger partial charge in [0.05, 0.1) is 14.5 Å². The molecule has 0 bridgehead atoms. The highest BCUT2D eigenvalue weighted by Crippen LogP contribution is 2.27. The van der Waals surface area contributed by atoms with Crippen LogP contribution in [0.2, 0.25) is 5.02 Å². The number of anilines is 1. The van der Waals surface area contributed by atoms with Crippen LogP contribution in [-0.4, -0.2) is 31.1 Å². The highest BCUT2D eigenvalue weighted by atomic mass is 79.9. The van der Waals surface area contributed by atoms with E-state index in [1.165, 1.54) is 8.66 Å². The molecule has 20 heavy (non-hydrogen) atoms. The van der Waals surface area contributed by atoms with Crippen LogP contribution >= 0.6 is 38.9 Å². The normalized spacial score (nSPS) is 16.6. The van der Waals surface area contributed by atoms with Crippen molar-refractivity contribution in [3.63, 3.8) is 0 Å². The van der Waals surface area contributed by atoms with E-state index in [0.29, 0.717) is 0 Å². The van der Waals surface area contributed by atoms with E-state index in [9.17, 15) is 0 Å². The van der Waals surface area contributed by atoms with Gasteiger partial charge in [0.1, 0.15) is 0 Å². The molecule has 0 radical (unpaired) electrons. The SMILES string of the molecule is Clc1ccccc1N1CCN(Cc2ccc(Br)s2)CC1. The van der Waals surface area contributed by atoms with Gasteiger partial charge in [-0.05, 0) is 40.2 Å². The molecule has 0 atom stereocenters. The van der Waals surface area contributed by atoms with Gasteiger partial charge in [-0.15, -0.1) is 11.3 Å². The average Bonchev–Trinajstić information content (AvgIpc) is 2.86. The van der Waals surface area contributed by atoms with Crippen molar-refractivity contribution in [3.05, 3.63) is 50.1 Å². The first-order valence-corrected chi connectivity index (χ1v) is 8.67. The summed E-state index contributed by atoms with van der Waals surface area (Å²) in [5.74, 6) is 0. The number of benzene rings is 1. The van der Waals surface area contributed by atoms with E-state index in [1.54, 1.807) is 0 Å². The Morgan fingerprint density at radius 2 is 1.80 bits per heavy atom. The number of hydrogen-bond donors (Lipinski definition) is 0. The van der Waals surface area contributed by atoms with Crippen molar-refractivity contribution in [2.75, 3.05) is 31.1 Å². The van der Waals surface area contributed by atoms with Crippen molar-refractivity contribution in [2.45, 2.75) is 6.54 Å². The minimum atomic E-state index is 0.850. The van der Waals surface area contributed by atoms with Crippen molar-refractivity contribution in [3.8, 4) is 0 Å². The highest BCUT2D eigenvalue weighted by molar-refractivity contribution is 9.11. The van der Waals surface area contributed by atoms with Gasteiger partial charge < -0.3 is 4.90 Å². The van der Waals surface area contributed by atoms with Crippen molar-refractivity contribution in [1.82, 2.24) is 4.90 Å². The molecule has 0 saturated carbocycles. The molecule has 2 nitrogen and oxygen atoms in total. The van der Waals surface area contributed by atoms with Crippen LogP contribution in [0.1, 0.15) is 4.88 Å². The third-order valence-electron chi connectivity index (χ3n) is 3.57. The molecule has 0 N–H and O–H groups in total. The maximum Gasteiger partial charge on any atom is 0.0701 e. The van der Waals surface area contributed by atoms with Crippen LogP contribution in [0.15, 0.2) is 40.2 Å². The lowest BCUT2D eigenvalue weighted by molar-refractivity contribution is 0.252. The molecule has 0 amide bonds. The van der Waals surface area contributed by atoms with Gasteiger partial charge in [-0.1, -0.05) is 23.7 Å². The van der Waals surface area contributed by atoms with E-state index in [-0.39, 0.29) is 0 Å². The third kappa shape index (κ3) is 3.37. The number of hydrogen-bond acceptors (Lipinski definition) is 3. The maximum atomic E-state index is 6.27. The zero-order chi connectivity index (χ0) is 13.9. The van der Waals surface area contributed by atoms with Crippen molar-refractivity contribution in [1.29, 1.82) is 0 Å². The maximum absolute atomic E-state index is 6.27. The minimum Gasteiger partial charge on any atom is -0.368 e. The largest absolute Gasteiger partial charge is 0.368 e. The van der Waals surface area contributed by atoms with Gasteiger partial charge >= 0.3 is 0 Å². The van der Waals surface area contributed by atoms with Crippen molar-refractivity contribution < 1.29 is 0 Å². The van der Waals surface area contributed by atoms with Gasteiger partial charge in [0.2, 0.25) is 0 Å². The lowest BCUT2D eigenvalue weighted by Gasteiger charge is -2.36. The van der Waals surface area contributed by atoms with E-state index >= 15 is 0 Å². The molecule has 0 unspecified atom stereocenters. The molecule has 0 spiro atoms. The molecule has 106 valence electrons. The summed E-state index contributed by atoms with van der Waals surface area (Å²) in [5, 5.41) is 0.850. The van der Waals surface area contributed by atoms with Gasteiger partial charge in [0.15, 0.2) is 0 Å². The molecular weight excluding hydrogens is 356 g/mol. The molecule has 1 aliphatic heterocycles. The Hall–Kier alpha value is -0.550. The van der Waals surface area contributed by atoms with Gasteiger partial charge in [-0.2, -0.15) is 0 Å². The molecule has 0 aliphatic carbocycles. The zero-order valence-electron chi connectivity index (χ0n) is 11.1. The highest BCUT2D eigenvalue weighted by Gasteiger charge is 2.19. The van der Waals surface area contributed by atoms with E-state index in [4.69, 9.17) is 11.6 Å². The second kappa shape index (κ2) is 6.48. The topological polar surface area (TPSA) is 6.48 Å². The second-order valence-corrected chi connectivity index (χ2v) is 7.88. The summed E-state index contributed by atoms with van der Waals surface area (Å²) in [6.45, 7) is 5.29. The number of para-hydroxylation sites is 1. The van der Waals surface area contributed by atoms with Crippen LogP contribution in [-0.2, 0) is 6.54 Å². The number of nitrogens with zero attached hydrogens (tertiary/aromatic N) is 2. The number of rotatable bonds is 3. The lowest BCUT2D eigenvalue weighted by Crippen LogP contribution is -2.45. The number of thiophene rings is 1. The van der Waals surface area contributed by atoms with Gasteiger partial charge in [0, 0.05) is 37.6 Å². The summed E-state index contributed by atoms with van der Waals surface area (Å²) in [6, 6.07) is 12.4. The molecule has 1 fully saturated rings. The summed E-state index contributed by atoms with van der Waals surface area (Å²) in [6.07, 6.45) is 0. The van der Waals surface area contributed by atoms with Crippen molar-refractivity contribution >= 4 is 44.6 Å². The predicted molar refractivity (Wildman–Crippen MR) is 91.0 cm³/mol. The summed E-state index contributed by atoms with van der Waals surface area (Å²) >= 11 is 11.6. The van der Waals surface area contributed by atoms with E-state index in [1.807, 2.05) is 23.5 Å². The molecule has 2 aromatic rings. The Labute approximate surface area is 137 Å². The predicted octanol–water partition coefficient (Wildman–Crippen LogP) is 4.49. The van der Waals surface area contributed by atoms with Crippen LogP contribution in [0.3, 0.4) is 0 Å². The summed E-state index contributed by atoms with van der Waals surface area (Å²) in [5.41, 5.74) is 1.16. The van der Waals surface area contributed by atoms with Crippen LogP contribution in [0.4, 0.5) is 5.69 Å². The van der Waals surface area contributed by atoms with Gasteiger partial charge in [-0.25, -0.2) is 0 Å². The molecule has 1 aromatic heterocycles. The third-order valence-corrected chi connectivity index (χ3v) is 5.50. The van der Waals surface area contributed by atoms with Gasteiger partial charge in [-0.3, -0.25) is 4.90 Å². The van der Waals surface area contributed by atoms with Crippen LogP contribution in [0, 0.1) is 0 Å². The Morgan fingerprint density at radius 1 is 1.05 bits per heavy atom. The van der Waals surface area contributed by atoms with E-state index < -0.39 is 0 Å². The monoisotopic (exact) mass is 370 g/mol. The fraction of sp³-hybridized carbons (Fsp3) is 0.333. The number of piperazine rings is 1. The standard InChI is InChI=1S/C15H16BrClN2S/c16-15-6-5-12(20-15)11-18-7-9-19(10-8-18)14-4-2-1-3-13(14)17/h1-6H,7-11H2. The van der Waals surface area contributed by atoms with Crippen LogP contribution < -0.4 is 4.90 Å². The Balaban J connectivity index is 1.58. The van der Waals surface area contributed by atoms with Crippen molar-refractivity contribution in [2.24, 2.45) is 0 Å². The lowest BCUT2D eigenvalue weighted by atomic mass is 10.2. The first-order valence-electron chi connectivity index (χ1n) is 6.68. The first-order chi connectivity index (χ1) is 9.72. The Morgan fingerprint density at radius 3 is 2.45 bits per heavy atom. The smallest absolute Gasteiger partial charge is 0.0701 e. The summed E-state index contributed by atoms with van der Waals surface area (Å²) in [7, 11) is 0. The second-order valence-electron chi connectivity index (χ2n) is 4.92. The van der Waals surface area contributed by atoms with Crippen LogP contribution in [0.25, 0.3) is 0 Å². The molecule has 1 aliphatic rings. The van der Waals surface area contributed by atoms with Crippen LogP contribution in [0.5, 0.6) is 0 Å².